The predicted molar refractivity (Wildman–Crippen MR) is 107 cm³/mol. The van der Waals surface area contributed by atoms with Crippen LogP contribution in [-0.4, -0.2) is 47.3 Å². The molecule has 0 bridgehead atoms. The molecule has 7 heteroatoms. The van der Waals surface area contributed by atoms with Crippen LogP contribution in [0.2, 0.25) is 0 Å². The number of carbonyl (C=O) groups is 4. The minimum Gasteiger partial charge on any atom is -0.456 e. The van der Waals surface area contributed by atoms with E-state index in [-0.39, 0.29) is 17.6 Å². The van der Waals surface area contributed by atoms with Crippen LogP contribution in [0.3, 0.4) is 0 Å². The van der Waals surface area contributed by atoms with E-state index < -0.39 is 30.7 Å². The lowest BCUT2D eigenvalue weighted by molar-refractivity contribution is -0.147. The summed E-state index contributed by atoms with van der Waals surface area (Å²) in [5.41, 5.74) is 2.47. The van der Waals surface area contributed by atoms with Crippen LogP contribution in [0.5, 0.6) is 0 Å². The van der Waals surface area contributed by atoms with E-state index in [2.05, 4.69) is 5.32 Å². The zero-order valence-corrected chi connectivity index (χ0v) is 17.5. The molecule has 1 heterocycles. The number of imide groups is 1. The molecule has 0 aromatic heterocycles. The van der Waals surface area contributed by atoms with Gasteiger partial charge in [-0.2, -0.15) is 0 Å². The summed E-state index contributed by atoms with van der Waals surface area (Å²) in [6.45, 7) is 6.75. The predicted octanol–water partition coefficient (Wildman–Crippen LogP) is 2.84. The molecule has 2 fully saturated rings. The lowest BCUT2D eigenvalue weighted by atomic mass is 9.73. The lowest BCUT2D eigenvalue weighted by Crippen LogP contribution is -2.54. The number of carbonyl (C=O) groups excluding carboxylic acids is 4. The molecule has 1 aliphatic heterocycles. The molecule has 1 aromatic carbocycles. The molecule has 1 saturated heterocycles. The maximum Gasteiger partial charge on any atom is 0.326 e. The molecule has 1 aliphatic carbocycles. The normalized spacial score (nSPS) is 24.0. The Balaban J connectivity index is 1.61. The Morgan fingerprint density at radius 1 is 1.14 bits per heavy atom. The van der Waals surface area contributed by atoms with Crippen LogP contribution < -0.4 is 5.32 Å². The van der Waals surface area contributed by atoms with Crippen molar-refractivity contribution in [3.05, 3.63) is 34.4 Å². The van der Waals surface area contributed by atoms with Crippen molar-refractivity contribution in [1.82, 2.24) is 10.2 Å². The maximum absolute atomic E-state index is 12.9. The zero-order valence-electron chi connectivity index (χ0n) is 17.5. The van der Waals surface area contributed by atoms with Gasteiger partial charge in [0, 0.05) is 5.56 Å². The van der Waals surface area contributed by atoms with E-state index in [1.54, 1.807) is 6.07 Å². The van der Waals surface area contributed by atoms with Gasteiger partial charge < -0.3 is 10.1 Å². The molecule has 29 heavy (non-hydrogen) atoms. The first kappa shape index (κ1) is 21.0. The molecule has 0 unspecified atom stereocenters. The highest BCUT2D eigenvalue weighted by molar-refractivity contribution is 6.09. The van der Waals surface area contributed by atoms with E-state index in [1.807, 2.05) is 33.8 Å². The smallest absolute Gasteiger partial charge is 0.326 e. The van der Waals surface area contributed by atoms with E-state index >= 15 is 0 Å². The molecule has 1 N–H and O–H groups in total. The molecule has 1 saturated carbocycles. The van der Waals surface area contributed by atoms with Gasteiger partial charge in [-0.1, -0.05) is 25.8 Å². The second-order valence-electron chi connectivity index (χ2n) is 8.27. The van der Waals surface area contributed by atoms with Crippen LogP contribution in [-0.2, 0) is 14.3 Å². The second kappa shape index (κ2) is 7.97. The van der Waals surface area contributed by atoms with Crippen molar-refractivity contribution in [3.8, 4) is 0 Å². The molecule has 1 spiro atoms. The highest BCUT2D eigenvalue weighted by atomic mass is 16.5. The van der Waals surface area contributed by atoms with Crippen LogP contribution in [0.25, 0.3) is 0 Å². The van der Waals surface area contributed by atoms with Gasteiger partial charge in [-0.25, -0.2) is 4.79 Å². The fourth-order valence-electron chi connectivity index (χ4n) is 4.30. The Morgan fingerprint density at radius 3 is 2.52 bits per heavy atom. The third kappa shape index (κ3) is 3.91. The quantitative estimate of drug-likeness (QED) is 0.466. The van der Waals surface area contributed by atoms with Gasteiger partial charge in [0.05, 0.1) is 0 Å². The molecule has 2 atom stereocenters. The number of nitrogens with one attached hydrogen (secondary N) is 1. The zero-order chi connectivity index (χ0) is 21.3. The first-order valence-electron chi connectivity index (χ1n) is 10.1. The molecule has 156 valence electrons. The van der Waals surface area contributed by atoms with Crippen LogP contribution in [0.1, 0.15) is 59.7 Å². The van der Waals surface area contributed by atoms with Gasteiger partial charge in [0.15, 0.2) is 6.61 Å². The van der Waals surface area contributed by atoms with E-state index in [1.165, 1.54) is 0 Å². The molecule has 0 radical (unpaired) electrons. The van der Waals surface area contributed by atoms with E-state index in [4.69, 9.17) is 4.74 Å². The number of ether oxygens (including phenoxy) is 1. The van der Waals surface area contributed by atoms with Crippen LogP contribution >= 0.6 is 0 Å². The number of Topliss-reactive ketones (excluding diaryl/α,β-unsaturated/α-hetero) is 1. The number of nitrogens with zero attached hydrogens (tertiary/aromatic N) is 1. The summed E-state index contributed by atoms with van der Waals surface area (Å²) >= 11 is 0. The van der Waals surface area contributed by atoms with Crippen molar-refractivity contribution in [2.24, 2.45) is 5.92 Å². The number of hydrogen-bond donors (Lipinski definition) is 1. The van der Waals surface area contributed by atoms with E-state index in [0.717, 1.165) is 40.9 Å². The second-order valence-corrected chi connectivity index (χ2v) is 8.27. The van der Waals surface area contributed by atoms with Gasteiger partial charge in [-0.3, -0.25) is 19.3 Å². The largest absolute Gasteiger partial charge is 0.456 e. The molecule has 3 rings (SSSR count). The molecule has 2 aliphatic rings. The van der Waals surface area contributed by atoms with Crippen molar-refractivity contribution in [3.63, 3.8) is 0 Å². The topological polar surface area (TPSA) is 92.8 Å². The van der Waals surface area contributed by atoms with Crippen molar-refractivity contribution >= 4 is 23.7 Å². The fourth-order valence-corrected chi connectivity index (χ4v) is 4.30. The molecular weight excluding hydrogens is 372 g/mol. The molecular formula is C22H28N2O5. The van der Waals surface area contributed by atoms with Gasteiger partial charge in [-0.15, -0.1) is 0 Å². The molecule has 1 aromatic rings. The summed E-state index contributed by atoms with van der Waals surface area (Å²) < 4.78 is 5.08. The summed E-state index contributed by atoms with van der Waals surface area (Å²) in [7, 11) is 0. The highest BCUT2D eigenvalue weighted by Gasteiger charge is 2.55. The minimum absolute atomic E-state index is 0.0167. The van der Waals surface area contributed by atoms with Gasteiger partial charge in [-0.05, 0) is 62.3 Å². The van der Waals surface area contributed by atoms with Gasteiger partial charge in [0.25, 0.3) is 5.91 Å². The van der Waals surface area contributed by atoms with Crippen molar-refractivity contribution < 1.29 is 23.9 Å². The Labute approximate surface area is 170 Å². The summed E-state index contributed by atoms with van der Waals surface area (Å²) in [4.78, 5) is 50.8. The Morgan fingerprint density at radius 2 is 1.83 bits per heavy atom. The lowest BCUT2D eigenvalue weighted by Gasteiger charge is -2.36. The number of benzene rings is 1. The average molecular weight is 400 g/mol. The number of urea groups is 1. The standard InChI is InChI=1S/C22H28N2O5/c1-13-9-15(3)17(10-14(13)2)18(25)12-29-19(26)11-24-20(27)22(23-21(24)28)8-6-5-7-16(22)4/h9-10,16H,5-8,11-12H2,1-4H3,(H,23,28)/t16-,22+/m1/s1. The van der Waals surface area contributed by atoms with Crippen LogP contribution in [0, 0.1) is 26.7 Å². The third-order valence-corrected chi connectivity index (χ3v) is 6.29. The molecule has 3 amide bonds. The Kier molecular flexibility index (Phi) is 5.78. The Hall–Kier alpha value is -2.70. The van der Waals surface area contributed by atoms with Crippen molar-refractivity contribution in [2.45, 2.75) is 58.9 Å². The number of rotatable bonds is 5. The minimum atomic E-state index is -0.915. The SMILES string of the molecule is Cc1cc(C)c(C(=O)COC(=O)CN2C(=O)N[C@]3(CCCC[C@H]3C)C2=O)cc1C. The molecule has 7 nitrogen and oxygen atoms in total. The first-order valence-corrected chi connectivity index (χ1v) is 10.1. The first-order chi connectivity index (χ1) is 13.7. The number of aryl methyl sites for hydroxylation is 3. The van der Waals surface area contributed by atoms with Gasteiger partial charge in [0.2, 0.25) is 5.78 Å². The number of amides is 3. The summed E-state index contributed by atoms with van der Waals surface area (Å²) in [5, 5.41) is 2.80. The van der Waals surface area contributed by atoms with Crippen molar-refractivity contribution in [1.29, 1.82) is 0 Å². The number of ketones is 1. The number of hydrogen-bond acceptors (Lipinski definition) is 5. The van der Waals surface area contributed by atoms with E-state index in [9.17, 15) is 19.2 Å². The fraction of sp³-hybridized carbons (Fsp3) is 0.545. The van der Waals surface area contributed by atoms with Crippen molar-refractivity contribution in [2.75, 3.05) is 13.2 Å². The number of esters is 1. The van der Waals surface area contributed by atoms with Gasteiger partial charge in [0.1, 0.15) is 12.1 Å². The average Bonchev–Trinajstić information content (AvgIpc) is 2.90. The van der Waals surface area contributed by atoms with Crippen LogP contribution in [0.15, 0.2) is 12.1 Å². The maximum atomic E-state index is 12.9. The highest BCUT2D eigenvalue weighted by Crippen LogP contribution is 2.38. The summed E-state index contributed by atoms with van der Waals surface area (Å²) in [6.07, 6.45) is 3.32. The van der Waals surface area contributed by atoms with Crippen LogP contribution in [0.4, 0.5) is 4.79 Å². The summed E-state index contributed by atoms with van der Waals surface area (Å²) in [6, 6.07) is 3.13. The van der Waals surface area contributed by atoms with E-state index in [0.29, 0.717) is 12.0 Å². The van der Waals surface area contributed by atoms with Gasteiger partial charge >= 0.3 is 12.0 Å². The monoisotopic (exact) mass is 400 g/mol. The Bertz CT molecular complexity index is 878. The third-order valence-electron chi connectivity index (χ3n) is 6.29. The summed E-state index contributed by atoms with van der Waals surface area (Å²) in [5.74, 6) is -1.44.